The number of rotatable bonds is 6. The quantitative estimate of drug-likeness (QED) is 0.707. The Morgan fingerprint density at radius 1 is 0.810 bits per heavy atom. The van der Waals surface area contributed by atoms with Gasteiger partial charge < -0.3 is 0 Å². The molecule has 0 saturated heterocycles. The minimum atomic E-state index is -4.87. The lowest BCUT2D eigenvalue weighted by Crippen LogP contribution is -2.24. The molecule has 0 radical (unpaired) electrons. The van der Waals surface area contributed by atoms with E-state index in [-0.39, 0.29) is 29.8 Å². The smallest absolute Gasteiger partial charge is 0.300 e. The van der Waals surface area contributed by atoms with Crippen LogP contribution in [-0.4, -0.2) is 29.3 Å². The summed E-state index contributed by atoms with van der Waals surface area (Å²) in [6.07, 6.45) is -5.81. The zero-order valence-corrected chi connectivity index (χ0v) is 12.8. The van der Waals surface area contributed by atoms with Crippen molar-refractivity contribution in [3.8, 4) is 0 Å². The second-order valence-corrected chi connectivity index (χ2v) is 5.22. The highest BCUT2D eigenvalue weighted by Gasteiger charge is 2.38. The monoisotopic (exact) mass is 310 g/mol. The summed E-state index contributed by atoms with van der Waals surface area (Å²) >= 11 is 0. The molecular formula is C14H21F3O4. The lowest BCUT2D eigenvalue weighted by molar-refractivity contribution is -0.171. The fraction of sp³-hybridized carbons (Fsp3) is 0.714. The van der Waals surface area contributed by atoms with E-state index in [1.165, 1.54) is 0 Å². The van der Waals surface area contributed by atoms with Crippen LogP contribution in [0.5, 0.6) is 0 Å². The third-order valence-electron chi connectivity index (χ3n) is 2.36. The highest BCUT2D eigenvalue weighted by molar-refractivity contribution is 6.01. The molecule has 0 spiro atoms. The maximum atomic E-state index is 11.3. The molecule has 0 aromatic carbocycles. The van der Waals surface area contributed by atoms with E-state index in [0.717, 1.165) is 6.92 Å². The average Bonchev–Trinajstić information content (AvgIpc) is 2.27. The van der Waals surface area contributed by atoms with Crippen molar-refractivity contribution in [1.82, 2.24) is 0 Å². The molecule has 122 valence electrons. The molecule has 21 heavy (non-hydrogen) atoms. The fourth-order valence-electron chi connectivity index (χ4n) is 0.906. The third-order valence-corrected chi connectivity index (χ3v) is 2.36. The summed E-state index contributed by atoms with van der Waals surface area (Å²) in [6, 6.07) is 0. The first kappa shape index (κ1) is 21.8. The third kappa shape index (κ3) is 12.0. The van der Waals surface area contributed by atoms with Crippen LogP contribution in [0.4, 0.5) is 13.2 Å². The lowest BCUT2D eigenvalue weighted by atomic mass is 9.98. The Morgan fingerprint density at radius 3 is 1.29 bits per heavy atom. The Balaban J connectivity index is 0. The van der Waals surface area contributed by atoms with Crippen molar-refractivity contribution in [1.29, 1.82) is 0 Å². The SMILES string of the molecule is CC(=O)CC(=O)C(F)(F)F.CC(C)C(=O)CC(=O)C(C)C. The minimum absolute atomic E-state index is 0.0160. The Labute approximate surface area is 122 Å². The molecule has 0 aromatic heterocycles. The zero-order valence-electron chi connectivity index (χ0n) is 12.8. The first-order valence-electron chi connectivity index (χ1n) is 6.43. The van der Waals surface area contributed by atoms with E-state index in [1.807, 2.05) is 27.7 Å². The van der Waals surface area contributed by atoms with Crippen molar-refractivity contribution < 1.29 is 32.3 Å². The second-order valence-electron chi connectivity index (χ2n) is 5.22. The van der Waals surface area contributed by atoms with E-state index >= 15 is 0 Å². The van der Waals surface area contributed by atoms with Crippen LogP contribution in [0.2, 0.25) is 0 Å². The van der Waals surface area contributed by atoms with Gasteiger partial charge in [-0.25, -0.2) is 0 Å². The summed E-state index contributed by atoms with van der Waals surface area (Å²) in [7, 11) is 0. The summed E-state index contributed by atoms with van der Waals surface area (Å²) in [4.78, 5) is 42.0. The molecular weight excluding hydrogens is 289 g/mol. The lowest BCUT2D eigenvalue weighted by Gasteiger charge is -2.04. The topological polar surface area (TPSA) is 68.3 Å². The van der Waals surface area contributed by atoms with Gasteiger partial charge in [-0.3, -0.25) is 19.2 Å². The molecule has 0 atom stereocenters. The van der Waals surface area contributed by atoms with E-state index in [0.29, 0.717) is 0 Å². The van der Waals surface area contributed by atoms with Crippen LogP contribution >= 0.6 is 0 Å². The number of Topliss-reactive ketones (excluding diaryl/α,β-unsaturated/α-hetero) is 4. The standard InChI is InChI=1S/C9H16O2.C5H5F3O2/c1-6(2)8(10)5-9(11)7(3)4;1-3(9)2-4(10)5(6,7)8/h6-7H,5H2,1-4H3;2H2,1H3. The van der Waals surface area contributed by atoms with Gasteiger partial charge in [-0.05, 0) is 6.92 Å². The summed E-state index contributed by atoms with van der Waals surface area (Å²) in [5.74, 6) is -2.70. The summed E-state index contributed by atoms with van der Waals surface area (Å²) in [6.45, 7) is 8.20. The molecule has 0 fully saturated rings. The Kier molecular flexibility index (Phi) is 9.76. The molecule has 0 aromatic rings. The molecule has 0 N–H and O–H groups in total. The minimum Gasteiger partial charge on any atom is -0.300 e. The van der Waals surface area contributed by atoms with Crippen molar-refractivity contribution in [3.05, 3.63) is 0 Å². The summed E-state index contributed by atoms with van der Waals surface area (Å²) < 4.78 is 33.9. The van der Waals surface area contributed by atoms with Crippen LogP contribution < -0.4 is 0 Å². The molecule has 0 aliphatic carbocycles. The van der Waals surface area contributed by atoms with Gasteiger partial charge in [0.15, 0.2) is 0 Å². The zero-order chi connectivity index (χ0) is 17.4. The summed E-state index contributed by atoms with van der Waals surface area (Å²) in [5.41, 5.74) is 0. The van der Waals surface area contributed by atoms with Crippen molar-refractivity contribution in [2.45, 2.75) is 53.6 Å². The number of ketones is 4. The van der Waals surface area contributed by atoms with Gasteiger partial charge in [-0.15, -0.1) is 0 Å². The van der Waals surface area contributed by atoms with Gasteiger partial charge in [0, 0.05) is 11.8 Å². The maximum Gasteiger partial charge on any atom is 0.450 e. The van der Waals surface area contributed by atoms with Crippen molar-refractivity contribution in [3.63, 3.8) is 0 Å². The fourth-order valence-corrected chi connectivity index (χ4v) is 0.906. The van der Waals surface area contributed by atoms with Crippen LogP contribution in [0.1, 0.15) is 47.5 Å². The molecule has 0 amide bonds. The predicted octanol–water partition coefficient (Wildman–Crippen LogP) is 2.92. The molecule has 4 nitrogen and oxygen atoms in total. The van der Waals surface area contributed by atoms with Gasteiger partial charge in [0.2, 0.25) is 5.78 Å². The predicted molar refractivity (Wildman–Crippen MR) is 70.7 cm³/mol. The van der Waals surface area contributed by atoms with Crippen LogP contribution in [0, 0.1) is 11.8 Å². The number of carbonyl (C=O) groups excluding carboxylic acids is 4. The van der Waals surface area contributed by atoms with Gasteiger partial charge in [0.25, 0.3) is 0 Å². The molecule has 0 rings (SSSR count). The van der Waals surface area contributed by atoms with Gasteiger partial charge in [-0.1, -0.05) is 27.7 Å². The van der Waals surface area contributed by atoms with Crippen molar-refractivity contribution in [2.24, 2.45) is 11.8 Å². The molecule has 0 aliphatic rings. The Bertz CT molecular complexity index is 378. The molecule has 0 bridgehead atoms. The van der Waals surface area contributed by atoms with Crippen LogP contribution in [0.15, 0.2) is 0 Å². The highest BCUT2D eigenvalue weighted by atomic mass is 19.4. The van der Waals surface area contributed by atoms with Crippen LogP contribution in [-0.2, 0) is 19.2 Å². The molecule has 0 heterocycles. The van der Waals surface area contributed by atoms with E-state index in [4.69, 9.17) is 0 Å². The van der Waals surface area contributed by atoms with E-state index in [1.54, 1.807) is 0 Å². The van der Waals surface area contributed by atoms with Gasteiger partial charge >= 0.3 is 6.18 Å². The van der Waals surface area contributed by atoms with Gasteiger partial charge in [0.05, 0.1) is 12.8 Å². The number of alkyl halides is 3. The first-order valence-corrected chi connectivity index (χ1v) is 6.43. The molecule has 7 heteroatoms. The number of hydrogen-bond acceptors (Lipinski definition) is 4. The number of halogens is 3. The van der Waals surface area contributed by atoms with Gasteiger partial charge in [0.1, 0.15) is 17.3 Å². The highest BCUT2D eigenvalue weighted by Crippen LogP contribution is 2.17. The molecule has 0 unspecified atom stereocenters. The van der Waals surface area contributed by atoms with Crippen LogP contribution in [0.25, 0.3) is 0 Å². The van der Waals surface area contributed by atoms with Crippen molar-refractivity contribution >= 4 is 23.1 Å². The molecule has 0 aliphatic heterocycles. The van der Waals surface area contributed by atoms with Crippen molar-refractivity contribution in [2.75, 3.05) is 0 Å². The van der Waals surface area contributed by atoms with Gasteiger partial charge in [-0.2, -0.15) is 13.2 Å². The second kappa shape index (κ2) is 9.41. The van der Waals surface area contributed by atoms with E-state index in [2.05, 4.69) is 0 Å². The first-order chi connectivity index (χ1) is 9.28. The number of carbonyl (C=O) groups is 4. The van der Waals surface area contributed by atoms with E-state index < -0.39 is 24.2 Å². The Hall–Kier alpha value is -1.53. The normalized spacial score (nSPS) is 11.0. The molecule has 0 saturated carbocycles. The largest absolute Gasteiger partial charge is 0.450 e. The van der Waals surface area contributed by atoms with Crippen LogP contribution in [0.3, 0.4) is 0 Å². The number of hydrogen-bond donors (Lipinski definition) is 0. The average molecular weight is 310 g/mol. The Morgan fingerprint density at radius 2 is 1.14 bits per heavy atom. The maximum absolute atomic E-state index is 11.3. The van der Waals surface area contributed by atoms with E-state index in [9.17, 15) is 32.3 Å². The summed E-state index contributed by atoms with van der Waals surface area (Å²) in [5, 5.41) is 0.